The van der Waals surface area contributed by atoms with Crippen molar-refractivity contribution in [2.45, 2.75) is 61.2 Å². The number of hydrogen-bond acceptors (Lipinski definition) is 8. The molecule has 8 nitrogen and oxygen atoms in total. The van der Waals surface area contributed by atoms with Crippen LogP contribution in [0.4, 0.5) is 0 Å². The summed E-state index contributed by atoms with van der Waals surface area (Å²) in [5, 5.41) is 8.17. The highest BCUT2D eigenvalue weighted by Gasteiger charge is 2.52. The first kappa shape index (κ1) is 32.2. The maximum atomic E-state index is 12.3. The second-order valence-corrected chi connectivity index (χ2v) is 11.9. The average Bonchev–Trinajstić information content (AvgIpc) is 2.97. The van der Waals surface area contributed by atoms with Crippen LogP contribution in [0.3, 0.4) is 0 Å². The van der Waals surface area contributed by atoms with Crippen molar-refractivity contribution >= 4 is 46.7 Å². The normalized spacial score (nSPS) is 22.3. The summed E-state index contributed by atoms with van der Waals surface area (Å²) in [7, 11) is 0. The van der Waals surface area contributed by atoms with Gasteiger partial charge in [0.1, 0.15) is 18.3 Å². The van der Waals surface area contributed by atoms with Crippen molar-refractivity contribution < 1.29 is 33.2 Å². The third kappa shape index (κ3) is 9.67. The number of carbonyl (C=O) groups is 1. The molecule has 0 spiro atoms. The van der Waals surface area contributed by atoms with E-state index in [9.17, 15) is 4.79 Å². The summed E-state index contributed by atoms with van der Waals surface area (Å²) in [6, 6.07) is 28.8. The lowest BCUT2D eigenvalue weighted by atomic mass is 9.98. The summed E-state index contributed by atoms with van der Waals surface area (Å²) in [5.41, 5.74) is 2.77. The number of esters is 1. The van der Waals surface area contributed by atoms with Crippen molar-refractivity contribution in [3.8, 4) is 0 Å². The molecule has 4 rings (SSSR count). The maximum absolute atomic E-state index is 12.3. The summed E-state index contributed by atoms with van der Waals surface area (Å²) >= 11 is 17.7. The molecule has 1 saturated heterocycles. The zero-order valence-corrected chi connectivity index (χ0v) is 25.1. The van der Waals surface area contributed by atoms with Gasteiger partial charge in [0, 0.05) is 6.92 Å². The van der Waals surface area contributed by atoms with Gasteiger partial charge in [-0.05, 0) is 16.7 Å². The van der Waals surface area contributed by atoms with E-state index in [2.05, 4.69) is 0 Å². The van der Waals surface area contributed by atoms with Gasteiger partial charge in [-0.1, -0.05) is 126 Å². The van der Waals surface area contributed by atoms with Crippen LogP contribution in [-0.4, -0.2) is 53.0 Å². The van der Waals surface area contributed by atoms with Crippen molar-refractivity contribution in [1.29, 1.82) is 5.41 Å². The quantitative estimate of drug-likeness (QED) is 0.106. The third-order valence-corrected chi connectivity index (χ3v) is 6.86. The summed E-state index contributed by atoms with van der Waals surface area (Å²) in [6.45, 7) is 2.01. The molecule has 1 heterocycles. The van der Waals surface area contributed by atoms with Gasteiger partial charge in [0.2, 0.25) is 12.2 Å². The number of ether oxygens (including phenoxy) is 6. The van der Waals surface area contributed by atoms with Gasteiger partial charge < -0.3 is 28.4 Å². The monoisotopic (exact) mass is 635 g/mol. The number of benzene rings is 3. The van der Waals surface area contributed by atoms with Crippen LogP contribution in [0.25, 0.3) is 0 Å². The molecule has 0 aromatic heterocycles. The first-order chi connectivity index (χ1) is 20.2. The van der Waals surface area contributed by atoms with Crippen LogP contribution in [0.5, 0.6) is 0 Å². The minimum Gasteiger partial charge on any atom is -0.453 e. The van der Waals surface area contributed by atoms with E-state index >= 15 is 0 Å². The molecule has 0 saturated carbocycles. The summed E-state index contributed by atoms with van der Waals surface area (Å²) < 4.78 is 34.2. The molecule has 0 amide bonds. The average molecular weight is 637 g/mol. The van der Waals surface area contributed by atoms with Gasteiger partial charge >= 0.3 is 5.97 Å². The Morgan fingerprint density at radius 2 is 1.21 bits per heavy atom. The number of alkyl halides is 3. The molecule has 5 atom stereocenters. The van der Waals surface area contributed by atoms with E-state index in [1.54, 1.807) is 0 Å². The lowest BCUT2D eigenvalue weighted by Crippen LogP contribution is -2.62. The molecule has 1 N–H and O–H groups in total. The lowest BCUT2D eigenvalue weighted by Gasteiger charge is -2.45. The van der Waals surface area contributed by atoms with Crippen molar-refractivity contribution in [1.82, 2.24) is 0 Å². The van der Waals surface area contributed by atoms with Gasteiger partial charge in [-0.2, -0.15) is 0 Å². The molecule has 42 heavy (non-hydrogen) atoms. The lowest BCUT2D eigenvalue weighted by molar-refractivity contribution is -0.305. The smallest absolute Gasteiger partial charge is 0.303 e. The van der Waals surface area contributed by atoms with Crippen LogP contribution in [0.15, 0.2) is 91.0 Å². The van der Waals surface area contributed by atoms with Crippen molar-refractivity contribution in [3.63, 3.8) is 0 Å². The summed E-state index contributed by atoms with van der Waals surface area (Å²) in [4.78, 5) is 12.3. The number of carbonyl (C=O) groups excluding carboxylic acids is 1. The van der Waals surface area contributed by atoms with E-state index in [0.717, 1.165) is 16.7 Å². The fraction of sp³-hybridized carbons (Fsp3) is 0.355. The van der Waals surface area contributed by atoms with Gasteiger partial charge in [-0.25, -0.2) is 0 Å². The molecular formula is C31H32Cl3NO7. The maximum Gasteiger partial charge on any atom is 0.303 e. The first-order valence-electron chi connectivity index (χ1n) is 13.3. The zero-order valence-electron chi connectivity index (χ0n) is 22.9. The van der Waals surface area contributed by atoms with E-state index in [-0.39, 0.29) is 19.8 Å². The van der Waals surface area contributed by atoms with Crippen molar-refractivity contribution in [2.24, 2.45) is 0 Å². The van der Waals surface area contributed by atoms with Crippen LogP contribution in [0.1, 0.15) is 23.6 Å². The summed E-state index contributed by atoms with van der Waals surface area (Å²) in [6.07, 6.45) is -5.01. The topological polar surface area (TPSA) is 96.3 Å². The second-order valence-electron chi connectivity index (χ2n) is 9.58. The minimum atomic E-state index is -2.18. The number of hydrogen-bond donors (Lipinski definition) is 1. The van der Waals surface area contributed by atoms with E-state index in [1.807, 2.05) is 91.0 Å². The Morgan fingerprint density at radius 3 is 1.69 bits per heavy atom. The SMILES string of the molecule is CC(=O)O[C@H]1[C@H](OC(=N)C(Cl)(Cl)Cl)O[C@H](COCc2ccccc2)[C@H](OCc2ccccc2)[C@@H]1OCc1ccccc1. The van der Waals surface area contributed by atoms with Crippen LogP contribution in [0, 0.1) is 5.41 Å². The molecule has 0 radical (unpaired) electrons. The standard InChI is InChI=1S/C31H32Cl3NO7/c1-21(36)40-28-27(39-19-24-15-9-4-10-16-24)26(38-18-23-13-7-3-8-14-23)25(20-37-17-22-11-5-2-6-12-22)41-29(28)42-30(35)31(32,33)34/h2-16,25-29,35H,17-20H2,1H3/t25-,26+,27+,28-,29+/m1/s1. The highest BCUT2D eigenvalue weighted by Crippen LogP contribution is 2.34. The Kier molecular flexibility index (Phi) is 12.0. The Labute approximate surface area is 260 Å². The van der Waals surface area contributed by atoms with Crippen LogP contribution in [-0.2, 0) is 53.0 Å². The predicted molar refractivity (Wildman–Crippen MR) is 159 cm³/mol. The number of halogens is 3. The first-order valence-corrected chi connectivity index (χ1v) is 14.4. The molecule has 0 bridgehead atoms. The highest BCUT2D eigenvalue weighted by atomic mass is 35.6. The Balaban J connectivity index is 1.64. The fourth-order valence-corrected chi connectivity index (χ4v) is 4.53. The van der Waals surface area contributed by atoms with E-state index in [4.69, 9.17) is 68.6 Å². The van der Waals surface area contributed by atoms with Gasteiger partial charge in [0.15, 0.2) is 6.10 Å². The summed E-state index contributed by atoms with van der Waals surface area (Å²) in [5.74, 6) is -1.32. The van der Waals surface area contributed by atoms with Crippen molar-refractivity contribution in [2.75, 3.05) is 6.61 Å². The van der Waals surface area contributed by atoms with Gasteiger partial charge in [0.25, 0.3) is 3.79 Å². The largest absolute Gasteiger partial charge is 0.453 e. The van der Waals surface area contributed by atoms with Crippen LogP contribution in [0.2, 0.25) is 0 Å². The van der Waals surface area contributed by atoms with Gasteiger partial charge in [-0.15, -0.1) is 0 Å². The minimum absolute atomic E-state index is 0.0628. The number of nitrogens with one attached hydrogen (secondary N) is 1. The molecule has 3 aromatic carbocycles. The number of rotatable bonds is 12. The molecule has 224 valence electrons. The molecule has 0 aliphatic carbocycles. The molecule has 0 unspecified atom stereocenters. The zero-order chi connectivity index (χ0) is 30.0. The molecule has 11 heteroatoms. The molecule has 3 aromatic rings. The van der Waals surface area contributed by atoms with E-state index in [1.165, 1.54) is 6.92 Å². The second kappa shape index (κ2) is 15.7. The molecule has 1 fully saturated rings. The van der Waals surface area contributed by atoms with Crippen LogP contribution < -0.4 is 0 Å². The van der Waals surface area contributed by atoms with Crippen molar-refractivity contribution in [3.05, 3.63) is 108 Å². The Morgan fingerprint density at radius 1 is 0.738 bits per heavy atom. The van der Waals surface area contributed by atoms with E-state index in [0.29, 0.717) is 6.61 Å². The molecule has 1 aliphatic rings. The Hall–Kier alpha value is -2.69. The molecular weight excluding hydrogens is 605 g/mol. The third-order valence-electron chi connectivity index (χ3n) is 6.35. The Bertz CT molecular complexity index is 1260. The van der Waals surface area contributed by atoms with Crippen LogP contribution >= 0.6 is 34.8 Å². The van der Waals surface area contributed by atoms with E-state index < -0.39 is 46.4 Å². The van der Waals surface area contributed by atoms with Gasteiger partial charge in [-0.3, -0.25) is 10.2 Å². The fourth-order valence-electron chi connectivity index (χ4n) is 4.40. The molecule has 1 aliphatic heterocycles. The highest BCUT2D eigenvalue weighted by molar-refractivity contribution is 6.76. The van der Waals surface area contributed by atoms with Gasteiger partial charge in [0.05, 0.1) is 26.4 Å². The predicted octanol–water partition coefficient (Wildman–Crippen LogP) is 6.39.